The molecule has 2 rings (SSSR count). The fraction of sp³-hybridized carbons (Fsp3) is 0.364. The van der Waals surface area contributed by atoms with E-state index in [0.29, 0.717) is 5.92 Å². The maximum Gasteiger partial charge on any atom is -0.00904 e. The summed E-state index contributed by atoms with van der Waals surface area (Å²) in [4.78, 5) is 0. The predicted octanol–water partition coefficient (Wildman–Crippen LogP) is 3.04. The van der Waals surface area contributed by atoms with Crippen LogP contribution in [0, 0.1) is 12.3 Å². The highest BCUT2D eigenvalue weighted by molar-refractivity contribution is 5.41. The highest BCUT2D eigenvalue weighted by atomic mass is 14.3. The van der Waals surface area contributed by atoms with Gasteiger partial charge in [-0.2, -0.15) is 0 Å². The zero-order valence-corrected chi connectivity index (χ0v) is 6.72. The van der Waals surface area contributed by atoms with Crippen molar-refractivity contribution in [3.05, 3.63) is 42.4 Å². The first-order valence-corrected chi connectivity index (χ1v) is 4.28. The molecule has 1 radical (unpaired) electrons. The van der Waals surface area contributed by atoms with E-state index in [9.17, 15) is 0 Å². The summed E-state index contributed by atoms with van der Waals surface area (Å²) in [7, 11) is 0. The van der Waals surface area contributed by atoms with Crippen LogP contribution in [-0.2, 0) is 0 Å². The van der Waals surface area contributed by atoms with Crippen molar-refractivity contribution in [1.29, 1.82) is 0 Å². The second kappa shape index (κ2) is 2.69. The van der Waals surface area contributed by atoms with Crippen molar-refractivity contribution in [3.63, 3.8) is 0 Å². The number of allylic oxidation sites excluding steroid dienone is 5. The summed E-state index contributed by atoms with van der Waals surface area (Å²) < 4.78 is 0. The molecular formula is C11H13. The molecule has 1 unspecified atom stereocenters. The number of hydrogen-bond donors (Lipinski definition) is 0. The van der Waals surface area contributed by atoms with Crippen molar-refractivity contribution < 1.29 is 0 Å². The molecule has 0 heteroatoms. The van der Waals surface area contributed by atoms with Gasteiger partial charge in [0.25, 0.3) is 0 Å². The van der Waals surface area contributed by atoms with Crippen LogP contribution in [0.2, 0.25) is 0 Å². The molecule has 0 spiro atoms. The average Bonchev–Trinajstić information content (AvgIpc) is 2.06. The lowest BCUT2D eigenvalue weighted by Gasteiger charge is -2.27. The van der Waals surface area contributed by atoms with Crippen molar-refractivity contribution in [3.8, 4) is 0 Å². The Morgan fingerprint density at radius 2 is 2.27 bits per heavy atom. The van der Waals surface area contributed by atoms with Crippen molar-refractivity contribution in [2.45, 2.75) is 19.3 Å². The van der Waals surface area contributed by atoms with Gasteiger partial charge in [-0.1, -0.05) is 30.4 Å². The van der Waals surface area contributed by atoms with E-state index in [0.717, 1.165) is 0 Å². The third kappa shape index (κ3) is 1.18. The summed E-state index contributed by atoms with van der Waals surface area (Å²) in [5, 5.41) is 0. The van der Waals surface area contributed by atoms with E-state index in [4.69, 9.17) is 0 Å². The Balaban J connectivity index is 2.27. The lowest BCUT2D eigenvalue weighted by atomic mass is 9.77. The molecule has 2 aliphatic rings. The van der Waals surface area contributed by atoms with Crippen molar-refractivity contribution in [1.82, 2.24) is 0 Å². The summed E-state index contributed by atoms with van der Waals surface area (Å²) in [6.45, 7) is 4.08. The molecule has 1 atom stereocenters. The van der Waals surface area contributed by atoms with Gasteiger partial charge in [0, 0.05) is 0 Å². The molecule has 0 bridgehead atoms. The molecule has 2 aliphatic carbocycles. The van der Waals surface area contributed by atoms with Crippen LogP contribution in [0.3, 0.4) is 0 Å². The van der Waals surface area contributed by atoms with Crippen molar-refractivity contribution in [2.75, 3.05) is 0 Å². The molecule has 0 aromatic heterocycles. The molecule has 0 aromatic carbocycles. The number of fused-ring (bicyclic) bond motifs is 1. The lowest BCUT2D eigenvalue weighted by Crippen LogP contribution is -2.13. The van der Waals surface area contributed by atoms with Crippen LogP contribution >= 0.6 is 0 Å². The monoisotopic (exact) mass is 145 g/mol. The van der Waals surface area contributed by atoms with E-state index in [2.05, 4.69) is 31.2 Å². The predicted molar refractivity (Wildman–Crippen MR) is 48.0 cm³/mol. The van der Waals surface area contributed by atoms with Gasteiger partial charge in [-0.15, -0.1) is 0 Å². The minimum absolute atomic E-state index is 0.682. The molecule has 0 aliphatic heterocycles. The summed E-state index contributed by atoms with van der Waals surface area (Å²) in [6, 6.07) is 0. The number of hydrogen-bond acceptors (Lipinski definition) is 0. The van der Waals surface area contributed by atoms with Crippen LogP contribution < -0.4 is 0 Å². The zero-order valence-electron chi connectivity index (χ0n) is 6.72. The van der Waals surface area contributed by atoms with Crippen LogP contribution in [0.15, 0.2) is 36.0 Å². The van der Waals surface area contributed by atoms with Gasteiger partial charge < -0.3 is 0 Å². The van der Waals surface area contributed by atoms with Crippen LogP contribution in [0.1, 0.15) is 19.3 Å². The molecule has 1 saturated carbocycles. The Hall–Kier alpha value is -0.780. The standard InChI is InChI=1S/C11H13/c1-9-5-4-7-10-6-2-3-8-11(9)10/h2-3,6,8,10H,1,4-5,7H2. The first kappa shape index (κ1) is 6.90. The van der Waals surface area contributed by atoms with Gasteiger partial charge in [-0.3, -0.25) is 0 Å². The van der Waals surface area contributed by atoms with Crippen LogP contribution in [0.4, 0.5) is 0 Å². The summed E-state index contributed by atoms with van der Waals surface area (Å²) >= 11 is 0. The largest absolute Gasteiger partial charge is 0.0955 e. The van der Waals surface area contributed by atoms with Gasteiger partial charge in [-0.05, 0) is 37.2 Å². The Morgan fingerprint density at radius 1 is 1.36 bits per heavy atom. The molecule has 11 heavy (non-hydrogen) atoms. The normalized spacial score (nSPS) is 29.6. The van der Waals surface area contributed by atoms with Crippen molar-refractivity contribution >= 4 is 0 Å². The van der Waals surface area contributed by atoms with E-state index < -0.39 is 0 Å². The highest BCUT2D eigenvalue weighted by Gasteiger charge is 2.21. The fourth-order valence-corrected chi connectivity index (χ4v) is 1.90. The molecule has 0 N–H and O–H groups in total. The molecule has 0 nitrogen and oxygen atoms in total. The number of rotatable bonds is 0. The molecule has 0 saturated heterocycles. The lowest BCUT2D eigenvalue weighted by molar-refractivity contribution is 0.562. The first-order chi connectivity index (χ1) is 5.38. The van der Waals surface area contributed by atoms with E-state index in [1.54, 1.807) is 0 Å². The highest BCUT2D eigenvalue weighted by Crippen LogP contribution is 2.36. The Bertz CT molecular complexity index is 230. The minimum atomic E-state index is 0.682. The quantitative estimate of drug-likeness (QED) is 0.491. The molecule has 0 amide bonds. The van der Waals surface area contributed by atoms with Gasteiger partial charge in [-0.25, -0.2) is 0 Å². The Kier molecular flexibility index (Phi) is 1.69. The van der Waals surface area contributed by atoms with Gasteiger partial charge in [0.2, 0.25) is 0 Å². The van der Waals surface area contributed by atoms with Crippen LogP contribution in [0.25, 0.3) is 0 Å². The zero-order chi connectivity index (χ0) is 7.68. The average molecular weight is 145 g/mol. The van der Waals surface area contributed by atoms with E-state index in [-0.39, 0.29) is 0 Å². The molecule has 0 aromatic rings. The molecule has 57 valence electrons. The second-order valence-corrected chi connectivity index (χ2v) is 3.30. The fourth-order valence-electron chi connectivity index (χ4n) is 1.90. The van der Waals surface area contributed by atoms with Gasteiger partial charge in [0.1, 0.15) is 0 Å². The van der Waals surface area contributed by atoms with Gasteiger partial charge in [0.15, 0.2) is 0 Å². The molecule has 1 fully saturated rings. The SMILES string of the molecule is C=C1CCCC2[CH]C=CC=C12. The van der Waals surface area contributed by atoms with E-state index in [1.165, 1.54) is 30.4 Å². The summed E-state index contributed by atoms with van der Waals surface area (Å²) in [5.74, 6) is 0.682. The van der Waals surface area contributed by atoms with E-state index >= 15 is 0 Å². The molecule has 0 heterocycles. The third-order valence-corrected chi connectivity index (χ3v) is 2.53. The van der Waals surface area contributed by atoms with Crippen LogP contribution in [-0.4, -0.2) is 0 Å². The second-order valence-electron chi connectivity index (χ2n) is 3.30. The molecular weight excluding hydrogens is 132 g/mol. The maximum absolute atomic E-state index is 4.08. The Labute approximate surface area is 68.3 Å². The summed E-state index contributed by atoms with van der Waals surface area (Å²) in [5.41, 5.74) is 2.82. The smallest absolute Gasteiger partial charge is 0.00904 e. The minimum Gasteiger partial charge on any atom is -0.0955 e. The first-order valence-electron chi connectivity index (χ1n) is 4.28. The van der Waals surface area contributed by atoms with Gasteiger partial charge >= 0.3 is 0 Å². The van der Waals surface area contributed by atoms with Gasteiger partial charge in [0.05, 0.1) is 0 Å². The summed E-state index contributed by atoms with van der Waals surface area (Å²) in [6.07, 6.45) is 12.6. The maximum atomic E-state index is 4.08. The third-order valence-electron chi connectivity index (χ3n) is 2.53. The van der Waals surface area contributed by atoms with Crippen molar-refractivity contribution in [2.24, 2.45) is 5.92 Å². The van der Waals surface area contributed by atoms with E-state index in [1.807, 2.05) is 0 Å². The van der Waals surface area contributed by atoms with Crippen LogP contribution in [0.5, 0.6) is 0 Å². The topological polar surface area (TPSA) is 0 Å². The Morgan fingerprint density at radius 3 is 3.09 bits per heavy atom.